The molecule has 0 fully saturated rings. The molecule has 0 N–H and O–H groups in total. The number of esters is 1. The molecule has 7 heteroatoms. The molecule has 2 aromatic carbocycles. The van der Waals surface area contributed by atoms with E-state index in [4.69, 9.17) is 16.3 Å². The second-order valence-corrected chi connectivity index (χ2v) is 7.51. The van der Waals surface area contributed by atoms with Gasteiger partial charge in [0.25, 0.3) is 0 Å². The van der Waals surface area contributed by atoms with Crippen LogP contribution in [0.1, 0.15) is 17.4 Å². The van der Waals surface area contributed by atoms with Gasteiger partial charge in [0.1, 0.15) is 0 Å². The van der Waals surface area contributed by atoms with Gasteiger partial charge in [-0.3, -0.25) is 0 Å². The summed E-state index contributed by atoms with van der Waals surface area (Å²) in [6, 6.07) is 15.2. The molecule has 0 atom stereocenters. The normalized spacial score (nSPS) is 10.8. The Morgan fingerprint density at radius 2 is 1.85 bits per heavy atom. The number of hydrogen-bond donors (Lipinski definition) is 0. The van der Waals surface area contributed by atoms with E-state index in [0.29, 0.717) is 17.3 Å². The van der Waals surface area contributed by atoms with Crippen molar-refractivity contribution in [3.63, 3.8) is 0 Å². The molecule has 0 aliphatic heterocycles. The van der Waals surface area contributed by atoms with Crippen LogP contribution in [0.5, 0.6) is 0 Å². The maximum atomic E-state index is 12.4. The third-order valence-corrected chi connectivity index (χ3v) is 5.28. The summed E-state index contributed by atoms with van der Waals surface area (Å²) in [5, 5.41) is 5.22. The lowest BCUT2D eigenvalue weighted by atomic mass is 10.1. The number of hydrogen-bond acceptors (Lipinski definition) is 4. The highest BCUT2D eigenvalue weighted by Crippen LogP contribution is 2.36. The van der Waals surface area contributed by atoms with E-state index in [9.17, 15) is 4.79 Å². The molecule has 3 aromatic rings. The van der Waals surface area contributed by atoms with Crippen LogP contribution in [0.4, 0.5) is 0 Å². The highest BCUT2D eigenvalue weighted by atomic mass is 79.9. The molecule has 26 heavy (non-hydrogen) atoms. The summed E-state index contributed by atoms with van der Waals surface area (Å²) in [5.74, 6) is -0.428. The first-order chi connectivity index (χ1) is 12.5. The van der Waals surface area contributed by atoms with Gasteiger partial charge >= 0.3 is 5.97 Å². The molecule has 0 amide bonds. The second-order valence-electron chi connectivity index (χ2n) is 5.35. The van der Waals surface area contributed by atoms with Crippen molar-refractivity contribution in [1.82, 2.24) is 9.78 Å². The number of ether oxygens (including phenoxy) is 1. The van der Waals surface area contributed by atoms with Gasteiger partial charge in [0.2, 0.25) is 0 Å². The number of benzene rings is 2. The summed E-state index contributed by atoms with van der Waals surface area (Å²) in [5.41, 5.74) is 2.92. The molecule has 1 aromatic heterocycles. The summed E-state index contributed by atoms with van der Waals surface area (Å²) in [6.45, 7) is 2.08. The van der Waals surface area contributed by atoms with Crippen molar-refractivity contribution in [3.05, 3.63) is 63.7 Å². The number of halogens is 2. The fourth-order valence-electron chi connectivity index (χ4n) is 2.56. The van der Waals surface area contributed by atoms with Crippen LogP contribution in [-0.2, 0) is 4.74 Å². The van der Waals surface area contributed by atoms with E-state index in [0.717, 1.165) is 26.3 Å². The molecule has 3 rings (SSSR count). The topological polar surface area (TPSA) is 44.1 Å². The van der Waals surface area contributed by atoms with E-state index in [-0.39, 0.29) is 0 Å². The maximum absolute atomic E-state index is 12.4. The van der Waals surface area contributed by atoms with Crippen LogP contribution in [-0.4, -0.2) is 28.6 Å². The molecule has 0 unspecified atom stereocenters. The monoisotopic (exact) mass is 450 g/mol. The Kier molecular flexibility index (Phi) is 6.06. The molecule has 4 nitrogen and oxygen atoms in total. The average Bonchev–Trinajstić information content (AvgIpc) is 3.03. The van der Waals surface area contributed by atoms with Crippen molar-refractivity contribution < 1.29 is 9.53 Å². The van der Waals surface area contributed by atoms with Crippen molar-refractivity contribution in [1.29, 1.82) is 0 Å². The quantitative estimate of drug-likeness (QED) is 0.360. The molecule has 1 heterocycles. The lowest BCUT2D eigenvalue weighted by Crippen LogP contribution is -2.07. The van der Waals surface area contributed by atoms with Crippen LogP contribution < -0.4 is 0 Å². The zero-order valence-corrected chi connectivity index (χ0v) is 17.4. The minimum atomic E-state index is -0.428. The van der Waals surface area contributed by atoms with Gasteiger partial charge in [-0.25, -0.2) is 9.48 Å². The van der Waals surface area contributed by atoms with Gasteiger partial charge in [-0.15, -0.1) is 11.8 Å². The molecule has 0 aliphatic carbocycles. The summed E-state index contributed by atoms with van der Waals surface area (Å²) in [4.78, 5) is 13.2. The molecule has 0 saturated carbocycles. The van der Waals surface area contributed by atoms with Gasteiger partial charge in [0, 0.05) is 15.1 Å². The molecule has 0 saturated heterocycles. The summed E-state index contributed by atoms with van der Waals surface area (Å²) < 4.78 is 7.93. The second kappa shape index (κ2) is 8.29. The van der Waals surface area contributed by atoms with E-state index in [1.54, 1.807) is 11.6 Å². The van der Waals surface area contributed by atoms with Crippen molar-refractivity contribution in [2.45, 2.75) is 11.8 Å². The highest BCUT2D eigenvalue weighted by molar-refractivity contribution is 9.10. The Morgan fingerprint density at radius 3 is 2.42 bits per heavy atom. The Bertz CT molecular complexity index is 924. The minimum Gasteiger partial charge on any atom is -0.461 e. The third-order valence-electron chi connectivity index (χ3n) is 3.70. The zero-order valence-electron chi connectivity index (χ0n) is 14.2. The van der Waals surface area contributed by atoms with Crippen LogP contribution in [0.25, 0.3) is 16.9 Å². The predicted octanol–water partition coefficient (Wildman–Crippen LogP) is 5.85. The Balaban J connectivity index is 2.25. The third kappa shape index (κ3) is 3.82. The molecule has 0 spiro atoms. The molecular weight excluding hydrogens is 436 g/mol. The first kappa shape index (κ1) is 19.0. The first-order valence-corrected chi connectivity index (χ1v) is 10.3. The fraction of sp³-hybridized carbons (Fsp3) is 0.158. The first-order valence-electron chi connectivity index (χ1n) is 7.91. The number of thioether (sulfide) groups is 1. The van der Waals surface area contributed by atoms with Crippen molar-refractivity contribution >= 4 is 45.3 Å². The maximum Gasteiger partial charge on any atom is 0.360 e. The van der Waals surface area contributed by atoms with Crippen LogP contribution >= 0.6 is 39.3 Å². The Hall–Kier alpha value is -1.76. The van der Waals surface area contributed by atoms with E-state index < -0.39 is 5.97 Å². The lowest BCUT2D eigenvalue weighted by molar-refractivity contribution is 0.0515. The van der Waals surface area contributed by atoms with Crippen LogP contribution in [0.15, 0.2) is 57.9 Å². The number of carbonyl (C=O) groups excluding carboxylic acids is 1. The van der Waals surface area contributed by atoms with Gasteiger partial charge in [-0.1, -0.05) is 39.7 Å². The van der Waals surface area contributed by atoms with Crippen molar-refractivity contribution in [2.24, 2.45) is 0 Å². The van der Waals surface area contributed by atoms with Crippen molar-refractivity contribution in [2.75, 3.05) is 12.9 Å². The Morgan fingerprint density at radius 1 is 1.19 bits per heavy atom. The number of rotatable bonds is 5. The van der Waals surface area contributed by atoms with E-state index >= 15 is 0 Å². The van der Waals surface area contributed by atoms with Gasteiger partial charge in [0.15, 0.2) is 5.69 Å². The summed E-state index contributed by atoms with van der Waals surface area (Å²) in [7, 11) is 0. The molecule has 0 aliphatic rings. The van der Waals surface area contributed by atoms with E-state index in [2.05, 4.69) is 21.0 Å². The number of carbonyl (C=O) groups is 1. The van der Waals surface area contributed by atoms with Crippen molar-refractivity contribution in [3.8, 4) is 16.9 Å². The minimum absolute atomic E-state index is 0.300. The number of aromatic nitrogens is 2. The SMILES string of the molecule is CCOC(=O)c1nn(-c2ccc(Br)cc2)c(-c2ccc(Cl)cc2)c1SC. The highest BCUT2D eigenvalue weighted by Gasteiger charge is 2.25. The van der Waals surface area contributed by atoms with Gasteiger partial charge in [-0.2, -0.15) is 5.10 Å². The Labute approximate surface area is 169 Å². The van der Waals surface area contributed by atoms with Gasteiger partial charge in [0.05, 0.1) is 22.9 Å². The molecule has 0 radical (unpaired) electrons. The largest absolute Gasteiger partial charge is 0.461 e. The average molecular weight is 452 g/mol. The molecular formula is C19H16BrClN2O2S. The fourth-order valence-corrected chi connectivity index (χ4v) is 3.67. The summed E-state index contributed by atoms with van der Waals surface area (Å²) >= 11 is 10.9. The van der Waals surface area contributed by atoms with E-state index in [1.165, 1.54) is 11.8 Å². The number of nitrogens with zero attached hydrogens (tertiary/aromatic N) is 2. The molecule has 0 bridgehead atoms. The van der Waals surface area contributed by atoms with Crippen LogP contribution in [0.2, 0.25) is 5.02 Å². The van der Waals surface area contributed by atoms with Gasteiger partial charge in [-0.05, 0) is 49.6 Å². The lowest BCUT2D eigenvalue weighted by Gasteiger charge is -2.09. The predicted molar refractivity (Wildman–Crippen MR) is 109 cm³/mol. The van der Waals surface area contributed by atoms with Crippen LogP contribution in [0.3, 0.4) is 0 Å². The zero-order chi connectivity index (χ0) is 18.7. The summed E-state index contributed by atoms with van der Waals surface area (Å²) in [6.07, 6.45) is 1.92. The van der Waals surface area contributed by atoms with Crippen LogP contribution in [0, 0.1) is 0 Å². The smallest absolute Gasteiger partial charge is 0.360 e. The van der Waals surface area contributed by atoms with Gasteiger partial charge < -0.3 is 4.74 Å². The van der Waals surface area contributed by atoms with E-state index in [1.807, 2.05) is 54.8 Å². The standard InChI is InChI=1S/C19H16BrClN2O2S/c1-3-25-19(24)16-18(26-2)17(12-4-8-14(21)9-5-12)23(22-16)15-10-6-13(20)7-11-15/h4-11H,3H2,1-2H3. The molecule has 134 valence electrons.